The zero-order chi connectivity index (χ0) is 10.1. The molecule has 0 saturated carbocycles. The van der Waals surface area contributed by atoms with Crippen LogP contribution in [0.5, 0.6) is 0 Å². The van der Waals surface area contributed by atoms with E-state index in [2.05, 4.69) is 23.8 Å². The van der Waals surface area contributed by atoms with Gasteiger partial charge in [-0.25, -0.2) is 4.98 Å². The van der Waals surface area contributed by atoms with Crippen molar-refractivity contribution in [3.63, 3.8) is 0 Å². The Morgan fingerprint density at radius 3 is 2.86 bits per heavy atom. The fourth-order valence-electron chi connectivity index (χ4n) is 1.41. The maximum atomic E-state index is 7.15. The Morgan fingerprint density at radius 1 is 1.43 bits per heavy atom. The van der Waals surface area contributed by atoms with E-state index in [1.165, 1.54) is 6.21 Å². The van der Waals surface area contributed by atoms with E-state index >= 15 is 0 Å². The molecule has 0 fully saturated rings. The molecular formula is C11H13N3. The van der Waals surface area contributed by atoms with Gasteiger partial charge in [0.15, 0.2) is 0 Å². The summed E-state index contributed by atoms with van der Waals surface area (Å²) in [7, 11) is 0. The van der Waals surface area contributed by atoms with Gasteiger partial charge < -0.3 is 10.4 Å². The molecule has 0 aliphatic carbocycles. The number of aromatic nitrogens is 2. The average Bonchev–Trinajstić information content (AvgIpc) is 2.59. The molecule has 2 aromatic rings. The summed E-state index contributed by atoms with van der Waals surface area (Å²) in [5.74, 6) is 1.41. The van der Waals surface area contributed by atoms with Crippen molar-refractivity contribution in [2.75, 3.05) is 0 Å². The Morgan fingerprint density at radius 2 is 2.21 bits per heavy atom. The third kappa shape index (κ3) is 1.41. The minimum absolute atomic E-state index is 0.408. The highest BCUT2D eigenvalue weighted by Gasteiger charge is 2.05. The monoisotopic (exact) mass is 187 g/mol. The molecule has 1 aromatic heterocycles. The first-order valence-corrected chi connectivity index (χ1v) is 4.71. The van der Waals surface area contributed by atoms with Gasteiger partial charge in [0.25, 0.3) is 0 Å². The summed E-state index contributed by atoms with van der Waals surface area (Å²) in [6.45, 7) is 4.21. The third-order valence-corrected chi connectivity index (χ3v) is 2.24. The maximum Gasteiger partial charge on any atom is 0.109 e. The smallest absolute Gasteiger partial charge is 0.109 e. The molecule has 0 spiro atoms. The van der Waals surface area contributed by atoms with Gasteiger partial charge in [0.2, 0.25) is 0 Å². The molecule has 72 valence electrons. The van der Waals surface area contributed by atoms with Crippen LogP contribution < -0.4 is 0 Å². The van der Waals surface area contributed by atoms with E-state index in [0.717, 1.165) is 22.4 Å². The first kappa shape index (κ1) is 8.94. The highest BCUT2D eigenvalue weighted by Crippen LogP contribution is 2.17. The highest BCUT2D eigenvalue weighted by molar-refractivity contribution is 5.85. The number of imidazole rings is 1. The van der Waals surface area contributed by atoms with Crippen molar-refractivity contribution >= 4 is 17.2 Å². The summed E-state index contributed by atoms with van der Waals surface area (Å²) >= 11 is 0. The van der Waals surface area contributed by atoms with E-state index in [1.54, 1.807) is 0 Å². The van der Waals surface area contributed by atoms with Gasteiger partial charge in [0.1, 0.15) is 5.82 Å². The molecular weight excluding hydrogens is 174 g/mol. The number of fused-ring (bicyclic) bond motifs is 1. The Bertz CT molecular complexity index is 468. The van der Waals surface area contributed by atoms with Gasteiger partial charge in [0, 0.05) is 12.1 Å². The van der Waals surface area contributed by atoms with Crippen molar-refractivity contribution in [1.82, 2.24) is 9.97 Å². The van der Waals surface area contributed by atoms with Gasteiger partial charge in [0.05, 0.1) is 11.0 Å². The number of H-pyrrole nitrogens is 1. The second-order valence-electron chi connectivity index (χ2n) is 3.70. The molecule has 0 amide bonds. The van der Waals surface area contributed by atoms with Crippen molar-refractivity contribution in [2.45, 2.75) is 19.8 Å². The zero-order valence-corrected chi connectivity index (χ0v) is 8.33. The Labute approximate surface area is 82.7 Å². The van der Waals surface area contributed by atoms with E-state index < -0.39 is 0 Å². The summed E-state index contributed by atoms with van der Waals surface area (Å²) < 4.78 is 0. The SMILES string of the molecule is CC(C)c1nc2ccc(C=N)cc2[nH]1. The number of rotatable bonds is 2. The lowest BCUT2D eigenvalue weighted by Crippen LogP contribution is -1.88. The van der Waals surface area contributed by atoms with E-state index in [1.807, 2.05) is 18.2 Å². The lowest BCUT2D eigenvalue weighted by molar-refractivity contribution is 0.799. The fraction of sp³-hybridized carbons (Fsp3) is 0.273. The molecule has 0 saturated heterocycles. The van der Waals surface area contributed by atoms with Crippen LogP contribution in [0.3, 0.4) is 0 Å². The van der Waals surface area contributed by atoms with Crippen LogP contribution in [0.25, 0.3) is 11.0 Å². The van der Waals surface area contributed by atoms with Crippen LogP contribution in [0.4, 0.5) is 0 Å². The van der Waals surface area contributed by atoms with Crippen molar-refractivity contribution in [3.8, 4) is 0 Å². The van der Waals surface area contributed by atoms with Gasteiger partial charge >= 0.3 is 0 Å². The van der Waals surface area contributed by atoms with E-state index in [9.17, 15) is 0 Å². The molecule has 1 heterocycles. The quantitative estimate of drug-likeness (QED) is 0.698. The Kier molecular flexibility index (Phi) is 2.08. The van der Waals surface area contributed by atoms with Crippen LogP contribution in [-0.2, 0) is 0 Å². The van der Waals surface area contributed by atoms with Gasteiger partial charge in [-0.1, -0.05) is 19.9 Å². The number of nitrogens with zero attached hydrogens (tertiary/aromatic N) is 1. The van der Waals surface area contributed by atoms with Gasteiger partial charge in [-0.15, -0.1) is 0 Å². The largest absolute Gasteiger partial charge is 0.342 e. The lowest BCUT2D eigenvalue weighted by Gasteiger charge is -1.95. The predicted octanol–water partition coefficient (Wildman–Crippen LogP) is 2.68. The van der Waals surface area contributed by atoms with Gasteiger partial charge in [-0.3, -0.25) is 0 Å². The van der Waals surface area contributed by atoms with E-state index in [-0.39, 0.29) is 0 Å². The summed E-state index contributed by atoms with van der Waals surface area (Å²) in [4.78, 5) is 7.71. The van der Waals surface area contributed by atoms with Crippen LogP contribution >= 0.6 is 0 Å². The number of benzene rings is 1. The van der Waals surface area contributed by atoms with E-state index in [0.29, 0.717) is 5.92 Å². The third-order valence-electron chi connectivity index (χ3n) is 2.24. The standard InChI is InChI=1S/C11H13N3/c1-7(2)11-13-9-4-3-8(6-12)5-10(9)14-11/h3-7,12H,1-2H3,(H,13,14). The molecule has 0 atom stereocenters. The second kappa shape index (κ2) is 3.25. The Hall–Kier alpha value is -1.64. The molecule has 0 bridgehead atoms. The van der Waals surface area contributed by atoms with Crippen molar-refractivity contribution in [1.29, 1.82) is 5.41 Å². The van der Waals surface area contributed by atoms with Crippen molar-refractivity contribution < 1.29 is 0 Å². The van der Waals surface area contributed by atoms with Gasteiger partial charge in [-0.2, -0.15) is 0 Å². The number of nitrogens with one attached hydrogen (secondary N) is 2. The number of hydrogen-bond donors (Lipinski definition) is 2. The predicted molar refractivity (Wildman–Crippen MR) is 58.1 cm³/mol. The molecule has 2 rings (SSSR count). The summed E-state index contributed by atoms with van der Waals surface area (Å²) in [6.07, 6.45) is 1.34. The lowest BCUT2D eigenvalue weighted by atomic mass is 10.2. The van der Waals surface area contributed by atoms with Crippen LogP contribution in [0.1, 0.15) is 31.2 Å². The molecule has 3 nitrogen and oxygen atoms in total. The van der Waals surface area contributed by atoms with Crippen LogP contribution in [0, 0.1) is 5.41 Å². The summed E-state index contributed by atoms with van der Waals surface area (Å²) in [5.41, 5.74) is 2.88. The molecule has 0 aliphatic rings. The molecule has 0 unspecified atom stereocenters. The van der Waals surface area contributed by atoms with Crippen LogP contribution in [0.2, 0.25) is 0 Å². The van der Waals surface area contributed by atoms with Crippen molar-refractivity contribution in [3.05, 3.63) is 29.6 Å². The number of aromatic amines is 1. The molecule has 1 aromatic carbocycles. The maximum absolute atomic E-state index is 7.15. The average molecular weight is 187 g/mol. The Balaban J connectivity index is 2.59. The van der Waals surface area contributed by atoms with Crippen molar-refractivity contribution in [2.24, 2.45) is 0 Å². The normalized spacial score (nSPS) is 11.1. The van der Waals surface area contributed by atoms with Crippen LogP contribution in [0.15, 0.2) is 18.2 Å². The highest BCUT2D eigenvalue weighted by atomic mass is 14.9. The first-order valence-electron chi connectivity index (χ1n) is 4.71. The first-order chi connectivity index (χ1) is 6.70. The van der Waals surface area contributed by atoms with Gasteiger partial charge in [-0.05, 0) is 17.7 Å². The zero-order valence-electron chi connectivity index (χ0n) is 8.33. The second-order valence-corrected chi connectivity index (χ2v) is 3.70. The molecule has 0 aliphatic heterocycles. The van der Waals surface area contributed by atoms with Crippen LogP contribution in [-0.4, -0.2) is 16.2 Å². The summed E-state index contributed by atoms with van der Waals surface area (Å²) in [6, 6.07) is 5.79. The molecule has 0 radical (unpaired) electrons. The topological polar surface area (TPSA) is 52.5 Å². The minimum Gasteiger partial charge on any atom is -0.342 e. The molecule has 2 N–H and O–H groups in total. The molecule has 14 heavy (non-hydrogen) atoms. The fourth-order valence-corrected chi connectivity index (χ4v) is 1.41. The van der Waals surface area contributed by atoms with E-state index in [4.69, 9.17) is 5.41 Å². The summed E-state index contributed by atoms with van der Waals surface area (Å²) in [5, 5.41) is 7.15. The minimum atomic E-state index is 0.408. The number of hydrogen-bond acceptors (Lipinski definition) is 2. The molecule has 3 heteroatoms.